The van der Waals surface area contributed by atoms with Crippen LogP contribution in [0.4, 0.5) is 0 Å². The standard InChI is InChI=1S/C21H29N3O.ClH/c1-15(17-9-8-16-6-4-5-7-18(16)12-17)23-20(25)13-24-11-10-19(22)21(2,3)14-24;/h4-9,12,15,19H,10-11,13-14,22H2,1-3H3,(H,23,25);1H. The topological polar surface area (TPSA) is 58.4 Å². The number of hydrogen-bond donors (Lipinski definition) is 2. The maximum absolute atomic E-state index is 12.5. The lowest BCUT2D eigenvalue weighted by Gasteiger charge is -2.42. The molecule has 4 nitrogen and oxygen atoms in total. The molecule has 26 heavy (non-hydrogen) atoms. The molecule has 0 aliphatic carbocycles. The van der Waals surface area contributed by atoms with Crippen molar-refractivity contribution in [2.45, 2.75) is 39.3 Å². The molecule has 1 heterocycles. The molecule has 0 radical (unpaired) electrons. The minimum absolute atomic E-state index is 0. The molecule has 142 valence electrons. The fraction of sp³-hybridized carbons (Fsp3) is 0.476. The van der Waals surface area contributed by atoms with Crippen LogP contribution in [0, 0.1) is 5.41 Å². The second kappa shape index (κ2) is 8.38. The van der Waals surface area contributed by atoms with Crippen molar-refractivity contribution in [1.29, 1.82) is 0 Å². The molecule has 0 saturated carbocycles. The summed E-state index contributed by atoms with van der Waals surface area (Å²) in [5.74, 6) is 0.0759. The van der Waals surface area contributed by atoms with Gasteiger partial charge in [-0.1, -0.05) is 50.2 Å². The predicted molar refractivity (Wildman–Crippen MR) is 111 cm³/mol. The molecule has 0 spiro atoms. The van der Waals surface area contributed by atoms with Crippen molar-refractivity contribution in [2.24, 2.45) is 11.1 Å². The Balaban J connectivity index is 0.00000243. The van der Waals surface area contributed by atoms with Crippen molar-refractivity contribution in [3.63, 3.8) is 0 Å². The van der Waals surface area contributed by atoms with E-state index < -0.39 is 0 Å². The van der Waals surface area contributed by atoms with Gasteiger partial charge in [0.05, 0.1) is 12.6 Å². The molecule has 2 aromatic rings. The van der Waals surface area contributed by atoms with Crippen LogP contribution in [-0.4, -0.2) is 36.5 Å². The first-order chi connectivity index (χ1) is 11.8. The number of nitrogens with one attached hydrogen (secondary N) is 1. The Bertz CT molecular complexity index is 762. The van der Waals surface area contributed by atoms with E-state index in [1.165, 1.54) is 10.8 Å². The lowest BCUT2D eigenvalue weighted by Crippen LogP contribution is -2.54. The molecule has 1 aliphatic heterocycles. The van der Waals surface area contributed by atoms with Gasteiger partial charge in [-0.15, -0.1) is 12.4 Å². The third-order valence-electron chi connectivity index (χ3n) is 5.41. The molecule has 3 rings (SSSR count). The summed E-state index contributed by atoms with van der Waals surface area (Å²) in [6.45, 7) is 8.60. The number of amides is 1. The van der Waals surface area contributed by atoms with Gasteiger partial charge >= 0.3 is 0 Å². The van der Waals surface area contributed by atoms with E-state index in [4.69, 9.17) is 5.73 Å². The lowest BCUT2D eigenvalue weighted by atomic mass is 9.80. The van der Waals surface area contributed by atoms with Gasteiger partial charge in [0, 0.05) is 19.1 Å². The number of nitrogens with two attached hydrogens (primary N) is 1. The van der Waals surface area contributed by atoms with Crippen molar-refractivity contribution in [3.05, 3.63) is 48.0 Å². The van der Waals surface area contributed by atoms with Crippen LogP contribution in [0.3, 0.4) is 0 Å². The summed E-state index contributed by atoms with van der Waals surface area (Å²) in [6.07, 6.45) is 0.945. The summed E-state index contributed by atoms with van der Waals surface area (Å²) in [4.78, 5) is 14.7. The molecule has 5 heteroatoms. The molecule has 1 aliphatic rings. The van der Waals surface area contributed by atoms with E-state index in [-0.39, 0.29) is 35.8 Å². The highest BCUT2D eigenvalue weighted by atomic mass is 35.5. The van der Waals surface area contributed by atoms with Crippen LogP contribution in [0.15, 0.2) is 42.5 Å². The number of nitrogens with zero attached hydrogens (tertiary/aromatic N) is 1. The van der Waals surface area contributed by atoms with Gasteiger partial charge in [-0.2, -0.15) is 0 Å². The van der Waals surface area contributed by atoms with E-state index >= 15 is 0 Å². The lowest BCUT2D eigenvalue weighted by molar-refractivity contribution is -0.123. The van der Waals surface area contributed by atoms with Gasteiger partial charge in [0.2, 0.25) is 5.91 Å². The summed E-state index contributed by atoms with van der Waals surface area (Å²) in [5, 5.41) is 5.56. The molecule has 1 saturated heterocycles. The molecule has 0 aromatic heterocycles. The molecule has 1 fully saturated rings. The SMILES string of the molecule is CC(NC(=O)CN1CCC(N)C(C)(C)C1)c1ccc2ccccc2c1.Cl. The van der Waals surface area contributed by atoms with Gasteiger partial charge in [0.1, 0.15) is 0 Å². The van der Waals surface area contributed by atoms with Crippen LogP contribution in [-0.2, 0) is 4.79 Å². The maximum Gasteiger partial charge on any atom is 0.234 e. The second-order valence-electron chi connectivity index (χ2n) is 7.99. The number of piperidine rings is 1. The molecule has 2 atom stereocenters. The number of fused-ring (bicyclic) bond motifs is 1. The van der Waals surface area contributed by atoms with Crippen molar-refractivity contribution in [1.82, 2.24) is 10.2 Å². The Morgan fingerprint density at radius 1 is 1.27 bits per heavy atom. The summed E-state index contributed by atoms with van der Waals surface area (Å²) in [7, 11) is 0. The zero-order chi connectivity index (χ0) is 18.0. The van der Waals surface area contributed by atoms with Crippen LogP contribution < -0.4 is 11.1 Å². The summed E-state index contributed by atoms with van der Waals surface area (Å²) < 4.78 is 0. The Labute approximate surface area is 162 Å². The van der Waals surface area contributed by atoms with Gasteiger partial charge in [-0.05, 0) is 41.2 Å². The average molecular weight is 376 g/mol. The van der Waals surface area contributed by atoms with Crippen LogP contribution in [0.5, 0.6) is 0 Å². The largest absolute Gasteiger partial charge is 0.348 e. The number of hydrogen-bond acceptors (Lipinski definition) is 3. The van der Waals surface area contributed by atoms with Gasteiger partial charge < -0.3 is 11.1 Å². The summed E-state index contributed by atoms with van der Waals surface area (Å²) in [6, 6.07) is 14.9. The molecule has 1 amide bonds. The zero-order valence-electron chi connectivity index (χ0n) is 15.9. The Hall–Kier alpha value is -1.62. The highest BCUT2D eigenvalue weighted by molar-refractivity contribution is 5.85. The van der Waals surface area contributed by atoms with Crippen molar-refractivity contribution < 1.29 is 4.79 Å². The molecular weight excluding hydrogens is 346 g/mol. The van der Waals surface area contributed by atoms with Gasteiger partial charge in [0.25, 0.3) is 0 Å². The Morgan fingerprint density at radius 2 is 1.96 bits per heavy atom. The zero-order valence-corrected chi connectivity index (χ0v) is 16.7. The second-order valence-corrected chi connectivity index (χ2v) is 7.99. The number of halogens is 1. The number of rotatable bonds is 4. The fourth-order valence-electron chi connectivity index (χ4n) is 3.67. The number of carbonyl (C=O) groups excluding carboxylic acids is 1. The maximum atomic E-state index is 12.5. The number of likely N-dealkylation sites (tertiary alicyclic amines) is 1. The minimum atomic E-state index is -0.00263. The molecular formula is C21H30ClN3O. The predicted octanol–water partition coefficient (Wildman–Crippen LogP) is 3.50. The molecule has 2 unspecified atom stereocenters. The normalized spacial score (nSPS) is 21.0. The third kappa shape index (κ3) is 4.76. The Morgan fingerprint density at radius 3 is 2.65 bits per heavy atom. The third-order valence-corrected chi connectivity index (χ3v) is 5.41. The van der Waals surface area contributed by atoms with E-state index in [0.29, 0.717) is 6.54 Å². The van der Waals surface area contributed by atoms with Crippen LogP contribution in [0.25, 0.3) is 10.8 Å². The Kier molecular flexibility index (Phi) is 6.67. The van der Waals surface area contributed by atoms with Crippen molar-refractivity contribution >= 4 is 29.1 Å². The van der Waals surface area contributed by atoms with Crippen molar-refractivity contribution in [2.75, 3.05) is 19.6 Å². The molecule has 2 aromatic carbocycles. The summed E-state index contributed by atoms with van der Waals surface area (Å²) in [5.41, 5.74) is 7.37. The quantitative estimate of drug-likeness (QED) is 0.859. The summed E-state index contributed by atoms with van der Waals surface area (Å²) >= 11 is 0. The monoisotopic (exact) mass is 375 g/mol. The fourth-order valence-corrected chi connectivity index (χ4v) is 3.67. The average Bonchev–Trinajstić information content (AvgIpc) is 2.57. The minimum Gasteiger partial charge on any atom is -0.348 e. The molecule has 0 bridgehead atoms. The van der Waals surface area contributed by atoms with Crippen LogP contribution in [0.1, 0.15) is 38.8 Å². The number of carbonyl (C=O) groups is 1. The first-order valence-electron chi connectivity index (χ1n) is 9.11. The van der Waals surface area contributed by atoms with Crippen LogP contribution >= 0.6 is 12.4 Å². The van der Waals surface area contributed by atoms with E-state index in [1.807, 2.05) is 19.1 Å². The highest BCUT2D eigenvalue weighted by Crippen LogP contribution is 2.27. The van der Waals surface area contributed by atoms with E-state index in [2.05, 4.69) is 54.4 Å². The van der Waals surface area contributed by atoms with Gasteiger partial charge in [0.15, 0.2) is 0 Å². The first kappa shape index (κ1) is 20.7. The number of benzene rings is 2. The van der Waals surface area contributed by atoms with Gasteiger partial charge in [-0.25, -0.2) is 0 Å². The van der Waals surface area contributed by atoms with Crippen molar-refractivity contribution in [3.8, 4) is 0 Å². The smallest absolute Gasteiger partial charge is 0.234 e. The van der Waals surface area contributed by atoms with E-state index in [1.54, 1.807) is 0 Å². The van der Waals surface area contributed by atoms with Crippen LogP contribution in [0.2, 0.25) is 0 Å². The van der Waals surface area contributed by atoms with E-state index in [0.717, 1.165) is 25.1 Å². The highest BCUT2D eigenvalue weighted by Gasteiger charge is 2.33. The van der Waals surface area contributed by atoms with Gasteiger partial charge in [-0.3, -0.25) is 9.69 Å². The first-order valence-corrected chi connectivity index (χ1v) is 9.11. The van der Waals surface area contributed by atoms with E-state index in [9.17, 15) is 4.79 Å². The molecule has 3 N–H and O–H groups in total.